The van der Waals surface area contributed by atoms with E-state index in [1.54, 1.807) is 0 Å². The number of aromatic nitrogens is 4. The molecule has 10 rings (SSSR count). The summed E-state index contributed by atoms with van der Waals surface area (Å²) in [4.78, 5) is 12.0. The molecule has 1 aliphatic heterocycles. The molecule has 1 aliphatic rings. The number of anilines is 2. The van der Waals surface area contributed by atoms with Crippen molar-refractivity contribution in [3.05, 3.63) is 169 Å². The van der Waals surface area contributed by atoms with Crippen molar-refractivity contribution in [3.63, 3.8) is 0 Å². The summed E-state index contributed by atoms with van der Waals surface area (Å²) in [6.45, 7) is 15.9. The van der Waals surface area contributed by atoms with E-state index in [0.717, 1.165) is 67.0 Å². The van der Waals surface area contributed by atoms with Crippen molar-refractivity contribution in [2.75, 3.05) is 4.90 Å². The van der Waals surface area contributed by atoms with Crippen LogP contribution in [0.1, 0.15) is 76.0 Å². The molecule has 0 aliphatic carbocycles. The normalized spacial score (nSPS) is 12.3. The number of pyridine rings is 1. The van der Waals surface area contributed by atoms with E-state index in [9.17, 15) is 0 Å². The minimum Gasteiger partial charge on any atom is -0.509 e. The van der Waals surface area contributed by atoms with Gasteiger partial charge >= 0.3 is 0 Å². The third-order valence-corrected chi connectivity index (χ3v) is 11.4. The van der Waals surface area contributed by atoms with Crippen LogP contribution in [-0.2, 0) is 21.1 Å². The van der Waals surface area contributed by atoms with E-state index in [0.29, 0.717) is 29.3 Å². The van der Waals surface area contributed by atoms with E-state index in [1.807, 2.05) is 36.5 Å². The van der Waals surface area contributed by atoms with Crippen molar-refractivity contribution in [1.29, 1.82) is 0 Å². The average molecular weight is 950 g/mol. The second-order valence-electron chi connectivity index (χ2n) is 16.2. The van der Waals surface area contributed by atoms with Gasteiger partial charge < -0.3 is 23.8 Å². The Bertz CT molecular complexity index is 2980. The van der Waals surface area contributed by atoms with Crippen molar-refractivity contribution in [3.8, 4) is 39.8 Å². The van der Waals surface area contributed by atoms with Crippen LogP contribution in [0.5, 0.6) is 11.5 Å². The molecule has 0 amide bonds. The summed E-state index contributed by atoms with van der Waals surface area (Å²) in [5.41, 5.74) is 13.3. The third kappa shape index (κ3) is 6.60. The van der Waals surface area contributed by atoms with Crippen molar-refractivity contribution < 1.29 is 25.8 Å². The first kappa shape index (κ1) is 38.4. The molecule has 0 fully saturated rings. The average Bonchev–Trinajstić information content (AvgIpc) is 3.78. The third-order valence-electron chi connectivity index (χ3n) is 11.4. The molecule has 9 aromatic rings. The van der Waals surface area contributed by atoms with Crippen LogP contribution in [0, 0.1) is 18.8 Å². The van der Waals surface area contributed by atoms with Gasteiger partial charge in [0.1, 0.15) is 5.82 Å². The molecule has 296 valence electrons. The van der Waals surface area contributed by atoms with Gasteiger partial charge in [-0.3, -0.25) is 0 Å². The predicted molar refractivity (Wildman–Crippen MR) is 237 cm³/mol. The maximum Gasteiger partial charge on any atom is 0.135 e. The molecule has 0 saturated carbocycles. The van der Waals surface area contributed by atoms with Gasteiger partial charge in [0.25, 0.3) is 0 Å². The summed E-state index contributed by atoms with van der Waals surface area (Å²) in [5, 5.41) is 2.23. The van der Waals surface area contributed by atoms with Crippen LogP contribution in [-0.4, -0.2) is 19.1 Å². The molecule has 3 aromatic heterocycles. The number of nitrogens with zero attached hydrogens (tertiary/aromatic N) is 5. The van der Waals surface area contributed by atoms with Gasteiger partial charge in [0.2, 0.25) is 0 Å². The summed E-state index contributed by atoms with van der Waals surface area (Å²) >= 11 is 0. The summed E-state index contributed by atoms with van der Waals surface area (Å²) in [5.74, 6) is 3.96. The number of hydrogen-bond donors (Lipinski definition) is 0. The van der Waals surface area contributed by atoms with Gasteiger partial charge in [-0.2, -0.15) is 6.07 Å². The van der Waals surface area contributed by atoms with E-state index >= 15 is 0 Å². The first-order chi connectivity index (χ1) is 28.2. The molecule has 4 heterocycles. The van der Waals surface area contributed by atoms with E-state index in [-0.39, 0.29) is 21.1 Å². The molecule has 0 unspecified atom stereocenters. The van der Waals surface area contributed by atoms with Crippen LogP contribution in [0.3, 0.4) is 0 Å². The number of hydrogen-bond acceptors (Lipinski definition) is 4. The monoisotopic (exact) mass is 949 g/mol. The Morgan fingerprint density at radius 2 is 1.36 bits per heavy atom. The number of ether oxygens (including phenoxy) is 1. The zero-order valence-corrected chi connectivity index (χ0v) is 36.2. The molecule has 6 aromatic carbocycles. The van der Waals surface area contributed by atoms with E-state index in [4.69, 9.17) is 14.7 Å². The Hall–Kier alpha value is -6.10. The van der Waals surface area contributed by atoms with Crippen LogP contribution in [0.15, 0.2) is 134 Å². The minimum atomic E-state index is 0. The molecular formula is C52H44N5OPt-3. The van der Waals surface area contributed by atoms with Gasteiger partial charge in [-0.1, -0.05) is 126 Å². The standard InChI is InChI=1S/C52H44N5O.Pt/c1-32(2)35-27-43(33(3)4)51(44(28-35)34(5)6)36-25-37(55-31-56-48-20-12-9-17-45(48)54-52(56)42-16-8-10-18-46(42)55)29-39(26-36)58-38-22-23-41-40-15-7-11-19-47(40)57(49(41)30-38)50-21-13-14-24-53-50;/h7-28,31-34H,1-6H3;/q-3;. The number of para-hydroxylation sites is 4. The Balaban J connectivity index is 0.00000449. The van der Waals surface area contributed by atoms with Crippen LogP contribution < -0.4 is 9.64 Å². The zero-order chi connectivity index (χ0) is 39.7. The summed E-state index contributed by atoms with van der Waals surface area (Å²) in [6.07, 6.45) is 1.83. The predicted octanol–water partition coefficient (Wildman–Crippen LogP) is 13.7. The molecule has 0 spiro atoms. The fraction of sp³-hybridized carbons (Fsp3) is 0.173. The molecule has 0 bridgehead atoms. The molecule has 0 saturated heterocycles. The zero-order valence-electron chi connectivity index (χ0n) is 34.0. The second kappa shape index (κ2) is 15.2. The fourth-order valence-electron chi connectivity index (χ4n) is 8.52. The van der Waals surface area contributed by atoms with Crippen molar-refractivity contribution in [2.45, 2.75) is 59.3 Å². The van der Waals surface area contributed by atoms with Crippen LogP contribution in [0.25, 0.3) is 61.2 Å². The Morgan fingerprint density at radius 3 is 2.10 bits per heavy atom. The molecule has 59 heavy (non-hydrogen) atoms. The topological polar surface area (TPSA) is 48.1 Å². The minimum absolute atomic E-state index is 0. The smallest absolute Gasteiger partial charge is 0.135 e. The SMILES string of the molecule is CC(C)c1cc(C(C)C)c(-c2cc(Oc3[c-]c4c(cc3)c3ccccc3n4-c3ccccn3)[c-]c(N3[CH-]n4c(nc5ccccc54)-c4ccccc43)c2)c(C(C)C)c1.[Pt]. The van der Waals surface area contributed by atoms with E-state index in [1.165, 1.54) is 22.3 Å². The second-order valence-corrected chi connectivity index (χ2v) is 16.2. The van der Waals surface area contributed by atoms with Gasteiger partial charge in [-0.25, -0.2) is 4.98 Å². The fourth-order valence-corrected chi connectivity index (χ4v) is 8.52. The summed E-state index contributed by atoms with van der Waals surface area (Å²) < 4.78 is 11.3. The van der Waals surface area contributed by atoms with Crippen LogP contribution in [0.4, 0.5) is 11.4 Å². The van der Waals surface area contributed by atoms with Gasteiger partial charge in [0.05, 0.1) is 0 Å². The van der Waals surface area contributed by atoms with Crippen LogP contribution >= 0.6 is 0 Å². The van der Waals surface area contributed by atoms with Gasteiger partial charge in [0, 0.05) is 61.3 Å². The summed E-state index contributed by atoms with van der Waals surface area (Å²) in [6, 6.07) is 52.0. The molecule has 7 heteroatoms. The maximum absolute atomic E-state index is 6.94. The van der Waals surface area contributed by atoms with E-state index < -0.39 is 0 Å². The first-order valence-corrected chi connectivity index (χ1v) is 20.2. The van der Waals surface area contributed by atoms with Gasteiger partial charge in [-0.15, -0.1) is 41.3 Å². The number of benzene rings is 6. The number of fused-ring (bicyclic) bond motifs is 8. The van der Waals surface area contributed by atoms with E-state index in [2.05, 4.69) is 171 Å². The van der Waals surface area contributed by atoms with Crippen molar-refractivity contribution >= 4 is 44.2 Å². The van der Waals surface area contributed by atoms with Crippen LogP contribution in [0.2, 0.25) is 0 Å². The molecule has 0 atom stereocenters. The van der Waals surface area contributed by atoms with Gasteiger partial charge in [-0.05, 0) is 93.5 Å². The Morgan fingerprint density at radius 1 is 0.644 bits per heavy atom. The molecule has 0 N–H and O–H groups in total. The summed E-state index contributed by atoms with van der Waals surface area (Å²) in [7, 11) is 0. The maximum atomic E-state index is 6.94. The van der Waals surface area contributed by atoms with Crippen molar-refractivity contribution in [2.24, 2.45) is 0 Å². The Labute approximate surface area is 360 Å². The quantitative estimate of drug-likeness (QED) is 0.142. The first-order valence-electron chi connectivity index (χ1n) is 20.2. The molecular weight excluding hydrogens is 906 g/mol. The largest absolute Gasteiger partial charge is 0.509 e. The number of imidazole rings is 1. The molecule has 0 radical (unpaired) electrons. The van der Waals surface area contributed by atoms with Gasteiger partial charge in [0.15, 0.2) is 0 Å². The van der Waals surface area contributed by atoms with Crippen molar-refractivity contribution in [1.82, 2.24) is 19.1 Å². The Kier molecular flexibility index (Phi) is 9.93. The molecule has 6 nitrogen and oxygen atoms in total. The number of rotatable bonds is 8.